The van der Waals surface area contributed by atoms with Crippen molar-refractivity contribution >= 4 is 34.7 Å². The number of hydrogen-bond acceptors (Lipinski definition) is 7. The number of carbonyl (C=O) groups is 2. The van der Waals surface area contributed by atoms with E-state index in [1.165, 1.54) is 25.3 Å². The van der Waals surface area contributed by atoms with Gasteiger partial charge in [-0.3, -0.25) is 24.6 Å². The number of ether oxygens (including phenoxy) is 2. The van der Waals surface area contributed by atoms with Crippen molar-refractivity contribution in [2.45, 2.75) is 6.54 Å². The van der Waals surface area contributed by atoms with Gasteiger partial charge in [0.2, 0.25) is 0 Å². The number of thioether (sulfide) groups is 1. The van der Waals surface area contributed by atoms with Crippen LogP contribution in [0.1, 0.15) is 11.1 Å². The van der Waals surface area contributed by atoms with Crippen LogP contribution in [-0.2, 0) is 11.3 Å². The predicted octanol–water partition coefficient (Wildman–Crippen LogP) is 4.40. The van der Waals surface area contributed by atoms with E-state index in [0.29, 0.717) is 23.7 Å². The van der Waals surface area contributed by atoms with Gasteiger partial charge in [0.15, 0.2) is 11.5 Å². The zero-order valence-electron chi connectivity index (χ0n) is 16.1. The molecule has 0 N–H and O–H groups in total. The van der Waals surface area contributed by atoms with E-state index in [1.54, 1.807) is 36.4 Å². The maximum Gasteiger partial charge on any atom is 0.293 e. The van der Waals surface area contributed by atoms with Crippen molar-refractivity contribution in [3.05, 3.63) is 81.3 Å². The molecule has 0 bridgehead atoms. The molecule has 0 spiro atoms. The van der Waals surface area contributed by atoms with Gasteiger partial charge in [-0.05, 0) is 35.5 Å². The fraction of sp³-hybridized carbons (Fsp3) is 0.143. The second-order valence-corrected chi connectivity index (χ2v) is 7.16. The molecule has 8 nitrogen and oxygen atoms in total. The van der Waals surface area contributed by atoms with E-state index < -0.39 is 16.1 Å². The van der Waals surface area contributed by atoms with Gasteiger partial charge in [-0.15, -0.1) is 0 Å². The molecule has 154 valence electrons. The minimum Gasteiger partial charge on any atom is -0.493 e. The van der Waals surface area contributed by atoms with Gasteiger partial charge in [0.05, 0.1) is 23.5 Å². The van der Waals surface area contributed by atoms with Crippen molar-refractivity contribution in [2.24, 2.45) is 0 Å². The third-order valence-corrected chi connectivity index (χ3v) is 5.14. The second kappa shape index (κ2) is 9.27. The Hall–Kier alpha value is -3.59. The van der Waals surface area contributed by atoms with Crippen LogP contribution in [-0.4, -0.2) is 34.7 Å². The van der Waals surface area contributed by atoms with Crippen molar-refractivity contribution < 1.29 is 24.0 Å². The number of para-hydroxylation sites is 1. The monoisotopic (exact) mass is 426 g/mol. The Labute approximate surface area is 176 Å². The molecule has 0 radical (unpaired) electrons. The summed E-state index contributed by atoms with van der Waals surface area (Å²) in [5, 5.41) is 10.7. The van der Waals surface area contributed by atoms with Crippen LogP contribution in [0.25, 0.3) is 6.08 Å². The number of imide groups is 1. The van der Waals surface area contributed by atoms with Crippen LogP contribution in [0.3, 0.4) is 0 Å². The summed E-state index contributed by atoms with van der Waals surface area (Å²) in [6, 6.07) is 11.1. The molecule has 0 aliphatic carbocycles. The molecule has 2 aromatic rings. The zero-order chi connectivity index (χ0) is 21.7. The molecule has 3 rings (SSSR count). The summed E-state index contributed by atoms with van der Waals surface area (Å²) in [5.41, 5.74) is 0.797. The molecule has 0 aromatic heterocycles. The van der Waals surface area contributed by atoms with E-state index in [2.05, 4.69) is 6.58 Å². The first-order valence-corrected chi connectivity index (χ1v) is 9.65. The van der Waals surface area contributed by atoms with Crippen molar-refractivity contribution in [1.82, 2.24) is 4.90 Å². The summed E-state index contributed by atoms with van der Waals surface area (Å²) in [6.07, 6.45) is 3.19. The number of hydrogen-bond donors (Lipinski definition) is 0. The number of nitro benzene ring substituents is 1. The highest BCUT2D eigenvalue weighted by atomic mass is 32.2. The lowest BCUT2D eigenvalue weighted by Crippen LogP contribution is -2.27. The molecule has 0 unspecified atom stereocenters. The number of methoxy groups -OCH3 is 1. The largest absolute Gasteiger partial charge is 0.493 e. The number of nitrogens with zero attached hydrogens (tertiary/aromatic N) is 2. The van der Waals surface area contributed by atoms with Crippen LogP contribution >= 0.6 is 11.8 Å². The first-order valence-electron chi connectivity index (χ1n) is 8.84. The van der Waals surface area contributed by atoms with Gasteiger partial charge in [-0.2, -0.15) is 0 Å². The van der Waals surface area contributed by atoms with Crippen molar-refractivity contribution in [2.75, 3.05) is 13.7 Å². The Bertz CT molecular complexity index is 1050. The normalized spacial score (nSPS) is 14.8. The van der Waals surface area contributed by atoms with E-state index in [4.69, 9.17) is 9.47 Å². The van der Waals surface area contributed by atoms with Crippen molar-refractivity contribution in [1.29, 1.82) is 0 Å². The highest BCUT2D eigenvalue weighted by Crippen LogP contribution is 2.36. The zero-order valence-corrected chi connectivity index (χ0v) is 16.9. The lowest BCUT2D eigenvalue weighted by Gasteiger charge is -2.12. The Morgan fingerprint density at radius 2 is 1.97 bits per heavy atom. The topological polar surface area (TPSA) is 99.0 Å². The van der Waals surface area contributed by atoms with Crippen molar-refractivity contribution in [3.8, 4) is 11.5 Å². The van der Waals surface area contributed by atoms with Crippen molar-refractivity contribution in [3.63, 3.8) is 0 Å². The predicted molar refractivity (Wildman–Crippen MR) is 113 cm³/mol. The van der Waals surface area contributed by atoms with Gasteiger partial charge in [0.25, 0.3) is 16.8 Å². The standard InChI is InChI=1S/C21H18N2O6S/c1-3-10-29-17-9-8-14(11-18(17)28-2)12-19-20(24)22(21(25)30-19)13-15-6-4-5-7-16(15)23(26)27/h3-9,11-12H,1,10,13H2,2H3/b19-12+. The Balaban J connectivity index is 1.83. The van der Waals surface area contributed by atoms with E-state index in [-0.39, 0.29) is 22.7 Å². The summed E-state index contributed by atoms with van der Waals surface area (Å²) < 4.78 is 10.8. The molecule has 0 atom stereocenters. The molecule has 2 amide bonds. The molecule has 30 heavy (non-hydrogen) atoms. The minimum absolute atomic E-state index is 0.139. The molecule has 1 aliphatic rings. The average Bonchev–Trinajstić information content (AvgIpc) is 3.00. The van der Waals surface area contributed by atoms with E-state index in [1.807, 2.05) is 0 Å². The van der Waals surface area contributed by atoms with Crippen LogP contribution in [0, 0.1) is 10.1 Å². The highest BCUT2D eigenvalue weighted by molar-refractivity contribution is 8.18. The van der Waals surface area contributed by atoms with Crippen LogP contribution in [0.15, 0.2) is 60.0 Å². The Kier molecular flexibility index (Phi) is 6.53. The van der Waals surface area contributed by atoms with Crippen LogP contribution in [0.5, 0.6) is 11.5 Å². The van der Waals surface area contributed by atoms with Crippen LogP contribution in [0.2, 0.25) is 0 Å². The number of benzene rings is 2. The smallest absolute Gasteiger partial charge is 0.293 e. The number of nitro groups is 1. The molecule has 1 heterocycles. The van der Waals surface area contributed by atoms with Crippen LogP contribution < -0.4 is 9.47 Å². The van der Waals surface area contributed by atoms with Gasteiger partial charge in [-0.1, -0.05) is 36.9 Å². The van der Waals surface area contributed by atoms with Gasteiger partial charge in [-0.25, -0.2) is 0 Å². The SMILES string of the molecule is C=CCOc1ccc(/C=C2/SC(=O)N(Cc3ccccc3[N+](=O)[O-])C2=O)cc1OC. The third kappa shape index (κ3) is 4.52. The lowest BCUT2D eigenvalue weighted by atomic mass is 10.1. The lowest BCUT2D eigenvalue weighted by molar-refractivity contribution is -0.385. The summed E-state index contributed by atoms with van der Waals surface area (Å²) in [4.78, 5) is 37.0. The number of amides is 2. The molecule has 1 aliphatic heterocycles. The van der Waals surface area contributed by atoms with Gasteiger partial charge >= 0.3 is 0 Å². The molecule has 1 saturated heterocycles. The molecule has 2 aromatic carbocycles. The summed E-state index contributed by atoms with van der Waals surface area (Å²) in [6.45, 7) is 3.75. The summed E-state index contributed by atoms with van der Waals surface area (Å²) >= 11 is 0.785. The number of carbonyl (C=O) groups excluding carboxylic acids is 2. The van der Waals surface area contributed by atoms with E-state index in [0.717, 1.165) is 16.7 Å². The van der Waals surface area contributed by atoms with Gasteiger partial charge < -0.3 is 9.47 Å². The maximum atomic E-state index is 12.7. The first-order chi connectivity index (χ1) is 14.4. The van der Waals surface area contributed by atoms with Crippen LogP contribution in [0.4, 0.5) is 10.5 Å². The van der Waals surface area contributed by atoms with Gasteiger partial charge in [0.1, 0.15) is 6.61 Å². The average molecular weight is 426 g/mol. The second-order valence-electron chi connectivity index (χ2n) is 6.16. The highest BCUT2D eigenvalue weighted by Gasteiger charge is 2.36. The van der Waals surface area contributed by atoms with E-state index in [9.17, 15) is 19.7 Å². The molecule has 0 saturated carbocycles. The third-order valence-electron chi connectivity index (χ3n) is 4.23. The minimum atomic E-state index is -0.535. The quantitative estimate of drug-likeness (QED) is 0.267. The summed E-state index contributed by atoms with van der Waals surface area (Å²) in [5.74, 6) is 0.498. The Morgan fingerprint density at radius 3 is 2.67 bits per heavy atom. The molecule has 9 heteroatoms. The fourth-order valence-corrected chi connectivity index (χ4v) is 3.66. The Morgan fingerprint density at radius 1 is 1.20 bits per heavy atom. The van der Waals surface area contributed by atoms with E-state index >= 15 is 0 Å². The summed E-state index contributed by atoms with van der Waals surface area (Å²) in [7, 11) is 1.50. The van der Waals surface area contributed by atoms with Gasteiger partial charge in [0, 0.05) is 11.6 Å². The fourth-order valence-electron chi connectivity index (χ4n) is 2.82. The maximum absolute atomic E-state index is 12.7. The number of rotatable bonds is 8. The first kappa shape index (κ1) is 21.1. The molecule has 1 fully saturated rings. The molecular weight excluding hydrogens is 408 g/mol. The molecular formula is C21H18N2O6S.